The van der Waals surface area contributed by atoms with Gasteiger partial charge in [-0.3, -0.25) is 4.79 Å². The lowest BCUT2D eigenvalue weighted by atomic mass is 10.0. The normalized spacial score (nSPS) is 22.2. The first-order valence-electron chi connectivity index (χ1n) is 6.90. The van der Waals surface area contributed by atoms with Gasteiger partial charge in [0.1, 0.15) is 0 Å². The lowest BCUT2D eigenvalue weighted by molar-refractivity contribution is -0.125. The summed E-state index contributed by atoms with van der Waals surface area (Å²) in [5.41, 5.74) is 8.22. The molecule has 2 rings (SSSR count). The van der Waals surface area contributed by atoms with Gasteiger partial charge in [-0.25, -0.2) is 0 Å². The first kappa shape index (κ1) is 15.0. The van der Waals surface area contributed by atoms with Crippen LogP contribution < -0.4 is 11.1 Å². The number of carbonyl (C=O) groups excluding carboxylic acids is 1. The highest BCUT2D eigenvalue weighted by Gasteiger charge is 2.31. The van der Waals surface area contributed by atoms with E-state index in [9.17, 15) is 4.79 Å². The first-order valence-corrected chi connectivity index (χ1v) is 6.90. The minimum atomic E-state index is -0.226. The molecule has 2 unspecified atom stereocenters. The quantitative estimate of drug-likeness (QED) is 0.814. The second kappa shape index (κ2) is 6.83. The summed E-state index contributed by atoms with van der Waals surface area (Å²) in [6, 6.07) is 7.96. The maximum Gasteiger partial charge on any atom is 0.227 e. The van der Waals surface area contributed by atoms with Gasteiger partial charge in [0.05, 0.1) is 19.1 Å². The molecule has 0 radical (unpaired) electrons. The van der Waals surface area contributed by atoms with Gasteiger partial charge in [-0.2, -0.15) is 0 Å². The van der Waals surface area contributed by atoms with Crippen molar-refractivity contribution in [1.82, 2.24) is 10.2 Å². The van der Waals surface area contributed by atoms with Crippen LogP contribution in [0.25, 0.3) is 0 Å². The van der Waals surface area contributed by atoms with Gasteiger partial charge in [-0.05, 0) is 25.2 Å². The molecule has 1 aromatic rings. The topological polar surface area (TPSA) is 67.6 Å². The van der Waals surface area contributed by atoms with E-state index in [-0.39, 0.29) is 17.9 Å². The van der Waals surface area contributed by atoms with Crippen molar-refractivity contribution in [3.8, 4) is 0 Å². The summed E-state index contributed by atoms with van der Waals surface area (Å²) >= 11 is 0. The number of rotatable bonds is 5. The molecule has 1 saturated heterocycles. The van der Waals surface area contributed by atoms with Crippen LogP contribution in [0.3, 0.4) is 0 Å². The van der Waals surface area contributed by atoms with E-state index in [4.69, 9.17) is 10.5 Å². The largest absolute Gasteiger partial charge is 0.379 e. The summed E-state index contributed by atoms with van der Waals surface area (Å²) in [5.74, 6) is -0.245. The van der Waals surface area contributed by atoms with E-state index in [1.807, 2.05) is 32.3 Å². The number of ether oxygens (including phenoxy) is 1. The van der Waals surface area contributed by atoms with Crippen molar-refractivity contribution in [1.29, 1.82) is 0 Å². The third-order valence-corrected chi connectivity index (χ3v) is 3.52. The zero-order valence-electron chi connectivity index (χ0n) is 12.1. The number of nitrogens with zero attached hydrogens (tertiary/aromatic N) is 1. The molecule has 0 saturated carbocycles. The highest BCUT2D eigenvalue weighted by atomic mass is 16.5. The van der Waals surface area contributed by atoms with Crippen LogP contribution >= 0.6 is 0 Å². The zero-order valence-corrected chi connectivity index (χ0v) is 12.1. The molecule has 3 N–H and O–H groups in total. The Morgan fingerprint density at radius 2 is 2.05 bits per heavy atom. The standard InChI is InChI=1S/C15H23N3O2/c1-18(2)8-12-6-4-3-5-11(12)7-17-15(19)13-9-20-10-14(13)16/h3-6,13-14H,7-10,16H2,1-2H3,(H,17,19). The lowest BCUT2D eigenvalue weighted by Crippen LogP contribution is -2.40. The Kier molecular flexibility index (Phi) is 5.11. The van der Waals surface area contributed by atoms with Gasteiger partial charge < -0.3 is 20.7 Å². The number of nitrogens with two attached hydrogens (primary N) is 1. The van der Waals surface area contributed by atoms with Crippen LogP contribution in [0.1, 0.15) is 11.1 Å². The van der Waals surface area contributed by atoms with Gasteiger partial charge in [0.25, 0.3) is 0 Å². The van der Waals surface area contributed by atoms with Crippen LogP contribution in [0, 0.1) is 5.92 Å². The molecule has 5 heteroatoms. The molecule has 0 spiro atoms. The van der Waals surface area contributed by atoms with E-state index >= 15 is 0 Å². The van der Waals surface area contributed by atoms with Crippen molar-refractivity contribution in [3.63, 3.8) is 0 Å². The van der Waals surface area contributed by atoms with Crippen LogP contribution in [-0.2, 0) is 22.6 Å². The van der Waals surface area contributed by atoms with Gasteiger partial charge in [0.2, 0.25) is 5.91 Å². The predicted octanol–water partition coefficient (Wildman–Crippen LogP) is 0.338. The van der Waals surface area contributed by atoms with Crippen molar-refractivity contribution in [2.75, 3.05) is 27.3 Å². The molecule has 0 aromatic heterocycles. The molecule has 1 heterocycles. The fourth-order valence-electron chi connectivity index (χ4n) is 2.38. The molecule has 2 atom stereocenters. The van der Waals surface area contributed by atoms with Gasteiger partial charge in [-0.1, -0.05) is 24.3 Å². The van der Waals surface area contributed by atoms with E-state index in [1.54, 1.807) is 0 Å². The summed E-state index contributed by atoms with van der Waals surface area (Å²) in [4.78, 5) is 14.2. The predicted molar refractivity (Wildman–Crippen MR) is 78.0 cm³/mol. The van der Waals surface area contributed by atoms with Crippen molar-refractivity contribution >= 4 is 5.91 Å². The van der Waals surface area contributed by atoms with Gasteiger partial charge in [0.15, 0.2) is 0 Å². The van der Waals surface area contributed by atoms with Gasteiger partial charge in [0, 0.05) is 19.1 Å². The molecular formula is C15H23N3O2. The Hall–Kier alpha value is -1.43. The van der Waals surface area contributed by atoms with Crippen LogP contribution in [0.2, 0.25) is 0 Å². The number of benzene rings is 1. The summed E-state index contributed by atoms with van der Waals surface area (Å²) in [7, 11) is 4.06. The van der Waals surface area contributed by atoms with Crippen molar-refractivity contribution in [3.05, 3.63) is 35.4 Å². The van der Waals surface area contributed by atoms with Crippen molar-refractivity contribution in [2.24, 2.45) is 11.7 Å². The monoisotopic (exact) mass is 277 g/mol. The highest BCUT2D eigenvalue weighted by molar-refractivity contribution is 5.79. The SMILES string of the molecule is CN(C)Cc1ccccc1CNC(=O)C1COCC1N. The third-order valence-electron chi connectivity index (χ3n) is 3.52. The molecule has 1 aromatic carbocycles. The maximum absolute atomic E-state index is 12.1. The molecule has 1 aliphatic rings. The van der Waals surface area contributed by atoms with Crippen LogP contribution in [0.15, 0.2) is 24.3 Å². The summed E-state index contributed by atoms with van der Waals surface area (Å²) in [5, 5.41) is 2.97. The molecule has 5 nitrogen and oxygen atoms in total. The van der Waals surface area contributed by atoms with Crippen molar-refractivity contribution < 1.29 is 9.53 Å². The van der Waals surface area contributed by atoms with E-state index in [1.165, 1.54) is 5.56 Å². The van der Waals surface area contributed by atoms with Gasteiger partial charge >= 0.3 is 0 Å². The summed E-state index contributed by atoms with van der Waals surface area (Å²) in [6.07, 6.45) is 0. The highest BCUT2D eigenvalue weighted by Crippen LogP contribution is 2.13. The Balaban J connectivity index is 1.95. The molecule has 0 aliphatic carbocycles. The molecule has 20 heavy (non-hydrogen) atoms. The number of carbonyl (C=O) groups is 1. The Bertz CT molecular complexity index is 462. The summed E-state index contributed by atoms with van der Waals surface area (Å²) in [6.45, 7) is 2.28. The molecule has 0 bridgehead atoms. The molecule has 110 valence electrons. The van der Waals surface area contributed by atoms with Gasteiger partial charge in [-0.15, -0.1) is 0 Å². The second-order valence-corrected chi connectivity index (χ2v) is 5.53. The van der Waals surface area contributed by atoms with E-state index < -0.39 is 0 Å². The van der Waals surface area contributed by atoms with E-state index in [0.717, 1.165) is 12.1 Å². The van der Waals surface area contributed by atoms with E-state index in [0.29, 0.717) is 19.8 Å². The number of hydrogen-bond acceptors (Lipinski definition) is 4. The van der Waals surface area contributed by atoms with Crippen LogP contribution in [0.5, 0.6) is 0 Å². The number of amides is 1. The number of nitrogens with one attached hydrogen (secondary N) is 1. The van der Waals surface area contributed by atoms with Crippen LogP contribution in [-0.4, -0.2) is 44.2 Å². The van der Waals surface area contributed by atoms with Crippen LogP contribution in [0.4, 0.5) is 0 Å². The Morgan fingerprint density at radius 1 is 1.35 bits per heavy atom. The summed E-state index contributed by atoms with van der Waals surface area (Å²) < 4.78 is 5.23. The maximum atomic E-state index is 12.1. The Morgan fingerprint density at radius 3 is 2.65 bits per heavy atom. The molecule has 1 fully saturated rings. The van der Waals surface area contributed by atoms with Crippen molar-refractivity contribution in [2.45, 2.75) is 19.1 Å². The molecular weight excluding hydrogens is 254 g/mol. The number of hydrogen-bond donors (Lipinski definition) is 2. The molecule has 1 aliphatic heterocycles. The second-order valence-electron chi connectivity index (χ2n) is 5.53. The zero-order chi connectivity index (χ0) is 14.5. The average molecular weight is 277 g/mol. The van der Waals surface area contributed by atoms with E-state index in [2.05, 4.69) is 16.3 Å². The smallest absolute Gasteiger partial charge is 0.227 e. The molecule has 1 amide bonds. The minimum absolute atomic E-state index is 0.0188. The lowest BCUT2D eigenvalue weighted by Gasteiger charge is -2.16. The average Bonchev–Trinajstić information content (AvgIpc) is 2.83. The Labute approximate surface area is 120 Å². The fraction of sp³-hybridized carbons (Fsp3) is 0.533. The minimum Gasteiger partial charge on any atom is -0.379 e. The fourth-order valence-corrected chi connectivity index (χ4v) is 2.38. The first-order chi connectivity index (χ1) is 9.58. The third kappa shape index (κ3) is 3.79.